The Balaban J connectivity index is 2.15. The Bertz CT molecular complexity index is 950. The molecule has 0 bridgehead atoms. The van der Waals surface area contributed by atoms with E-state index in [1.807, 2.05) is 13.0 Å². The number of nitrogens with one attached hydrogen (secondary N) is 1. The Labute approximate surface area is 171 Å². The lowest BCUT2D eigenvalue weighted by molar-refractivity contribution is -0.119. The first-order chi connectivity index (χ1) is 13.7. The zero-order valence-corrected chi connectivity index (χ0v) is 18.0. The van der Waals surface area contributed by atoms with Crippen LogP contribution in [-0.2, 0) is 21.4 Å². The molecule has 2 rings (SSSR count). The molecule has 0 unspecified atom stereocenters. The van der Waals surface area contributed by atoms with Crippen LogP contribution in [0.5, 0.6) is 17.2 Å². The largest absolute Gasteiger partial charge is 0.493 e. The maximum Gasteiger partial charge on any atom is 0.241 e. The molecule has 29 heavy (non-hydrogen) atoms. The minimum atomic E-state index is -3.63. The molecule has 0 saturated heterocycles. The number of benzene rings is 2. The van der Waals surface area contributed by atoms with Gasteiger partial charge in [0.15, 0.2) is 11.5 Å². The molecular weight excluding hydrogens is 396 g/mol. The molecule has 0 aliphatic heterocycles. The van der Waals surface area contributed by atoms with Crippen molar-refractivity contribution in [1.29, 1.82) is 0 Å². The number of sulfonamides is 1. The lowest BCUT2D eigenvalue weighted by Crippen LogP contribution is -2.40. The summed E-state index contributed by atoms with van der Waals surface area (Å²) in [5.41, 5.74) is 2.05. The Kier molecular flexibility index (Phi) is 7.33. The number of carbonyl (C=O) groups is 1. The molecule has 0 atom stereocenters. The Morgan fingerprint density at radius 3 is 2.14 bits per heavy atom. The number of nitrogens with zero attached hydrogens (tertiary/aromatic N) is 1. The van der Waals surface area contributed by atoms with Crippen LogP contribution in [0.25, 0.3) is 0 Å². The molecule has 0 radical (unpaired) electrons. The fourth-order valence-electron chi connectivity index (χ4n) is 2.81. The number of aryl methyl sites for hydroxylation is 1. The van der Waals surface area contributed by atoms with Crippen LogP contribution in [0, 0.1) is 6.92 Å². The third kappa shape index (κ3) is 5.77. The van der Waals surface area contributed by atoms with Crippen molar-refractivity contribution in [3.8, 4) is 17.2 Å². The number of hydrogen-bond acceptors (Lipinski definition) is 6. The summed E-state index contributed by atoms with van der Waals surface area (Å²) in [5, 5.41) is 2.73. The van der Waals surface area contributed by atoms with E-state index in [4.69, 9.17) is 14.2 Å². The van der Waals surface area contributed by atoms with Crippen molar-refractivity contribution in [2.24, 2.45) is 0 Å². The van der Waals surface area contributed by atoms with Crippen LogP contribution >= 0.6 is 0 Å². The van der Waals surface area contributed by atoms with E-state index < -0.39 is 15.9 Å². The number of ether oxygens (including phenoxy) is 3. The van der Waals surface area contributed by atoms with Crippen molar-refractivity contribution >= 4 is 21.6 Å². The average molecular weight is 423 g/mol. The fourth-order valence-corrected chi connectivity index (χ4v) is 3.66. The molecule has 0 saturated carbocycles. The molecule has 8 nitrogen and oxygen atoms in total. The van der Waals surface area contributed by atoms with E-state index in [9.17, 15) is 13.2 Å². The highest BCUT2D eigenvalue weighted by atomic mass is 32.2. The zero-order valence-electron chi connectivity index (χ0n) is 17.2. The first kappa shape index (κ1) is 22.4. The number of hydrogen-bond donors (Lipinski definition) is 1. The van der Waals surface area contributed by atoms with Crippen molar-refractivity contribution in [2.45, 2.75) is 13.5 Å². The minimum Gasteiger partial charge on any atom is -0.493 e. The van der Waals surface area contributed by atoms with Crippen molar-refractivity contribution in [2.75, 3.05) is 38.4 Å². The van der Waals surface area contributed by atoms with Crippen molar-refractivity contribution in [3.63, 3.8) is 0 Å². The zero-order chi connectivity index (χ0) is 21.6. The Morgan fingerprint density at radius 1 is 1.03 bits per heavy atom. The van der Waals surface area contributed by atoms with E-state index in [0.717, 1.165) is 16.1 Å². The van der Waals surface area contributed by atoms with Crippen molar-refractivity contribution in [3.05, 3.63) is 47.5 Å². The molecule has 1 amide bonds. The highest BCUT2D eigenvalue weighted by Crippen LogP contribution is 2.38. The minimum absolute atomic E-state index is 0.168. The van der Waals surface area contributed by atoms with Crippen LogP contribution in [0.3, 0.4) is 0 Å². The number of methoxy groups -OCH3 is 3. The Hall–Kier alpha value is -2.94. The first-order valence-electron chi connectivity index (χ1n) is 8.79. The normalized spacial score (nSPS) is 10.9. The molecule has 0 fully saturated rings. The summed E-state index contributed by atoms with van der Waals surface area (Å²) < 4.78 is 41.3. The third-order valence-corrected chi connectivity index (χ3v) is 5.33. The van der Waals surface area contributed by atoms with E-state index in [2.05, 4.69) is 5.32 Å². The van der Waals surface area contributed by atoms with Gasteiger partial charge in [0.1, 0.15) is 6.54 Å². The number of carbonyl (C=O) groups excluding carboxylic acids is 1. The van der Waals surface area contributed by atoms with E-state index >= 15 is 0 Å². The molecule has 2 aromatic rings. The van der Waals surface area contributed by atoms with Gasteiger partial charge in [-0.1, -0.05) is 12.1 Å². The van der Waals surface area contributed by atoms with E-state index in [-0.39, 0.29) is 13.1 Å². The number of anilines is 1. The number of rotatable bonds is 9. The molecule has 0 aromatic heterocycles. The second-order valence-corrected chi connectivity index (χ2v) is 8.33. The lowest BCUT2D eigenvalue weighted by Gasteiger charge is -2.22. The summed E-state index contributed by atoms with van der Waals surface area (Å²) in [6.07, 6.45) is 1.07. The summed E-state index contributed by atoms with van der Waals surface area (Å²) in [6.45, 7) is 1.70. The van der Waals surface area contributed by atoms with E-state index in [1.54, 1.807) is 30.3 Å². The van der Waals surface area contributed by atoms with Gasteiger partial charge in [-0.15, -0.1) is 0 Å². The monoisotopic (exact) mass is 422 g/mol. The molecule has 0 spiro atoms. The standard InChI is InChI=1S/C20H26N2O6S/c1-14-7-6-8-16(9-14)22(29(5,24)25)13-19(23)21-12-15-10-17(26-2)20(28-4)18(11-15)27-3/h6-11H,12-13H2,1-5H3,(H,21,23). The first-order valence-corrected chi connectivity index (χ1v) is 10.6. The quantitative estimate of drug-likeness (QED) is 0.665. The highest BCUT2D eigenvalue weighted by molar-refractivity contribution is 7.92. The van der Waals surface area contributed by atoms with Gasteiger partial charge in [-0.2, -0.15) is 0 Å². The molecule has 0 aliphatic rings. The third-order valence-electron chi connectivity index (χ3n) is 4.19. The molecule has 9 heteroatoms. The van der Waals surface area contributed by atoms with Crippen LogP contribution in [0.4, 0.5) is 5.69 Å². The van der Waals surface area contributed by atoms with Crippen LogP contribution in [-0.4, -0.2) is 48.5 Å². The average Bonchev–Trinajstić information content (AvgIpc) is 2.68. The summed E-state index contributed by atoms with van der Waals surface area (Å²) in [6, 6.07) is 10.4. The van der Waals surface area contributed by atoms with Gasteiger partial charge in [0, 0.05) is 6.54 Å². The van der Waals surface area contributed by atoms with Crippen LogP contribution in [0.1, 0.15) is 11.1 Å². The summed E-state index contributed by atoms with van der Waals surface area (Å²) in [7, 11) is 0.891. The predicted octanol–water partition coefficient (Wildman–Crippen LogP) is 2.10. The van der Waals surface area contributed by atoms with Gasteiger partial charge in [-0.05, 0) is 42.3 Å². The van der Waals surface area contributed by atoms with Crippen LogP contribution in [0.2, 0.25) is 0 Å². The van der Waals surface area contributed by atoms with Crippen LogP contribution < -0.4 is 23.8 Å². The summed E-state index contributed by atoms with van der Waals surface area (Å²) in [5.74, 6) is 0.945. The molecule has 2 aromatic carbocycles. The van der Waals surface area contributed by atoms with Gasteiger partial charge in [-0.3, -0.25) is 9.10 Å². The van der Waals surface area contributed by atoms with E-state index in [0.29, 0.717) is 28.5 Å². The molecule has 0 aliphatic carbocycles. The maximum atomic E-state index is 12.5. The molecular formula is C20H26N2O6S. The predicted molar refractivity (Wildman–Crippen MR) is 111 cm³/mol. The second-order valence-electron chi connectivity index (χ2n) is 6.42. The smallest absolute Gasteiger partial charge is 0.241 e. The maximum absolute atomic E-state index is 12.5. The SMILES string of the molecule is COc1cc(CNC(=O)CN(c2cccc(C)c2)S(C)(=O)=O)cc(OC)c1OC. The van der Waals surface area contributed by atoms with Gasteiger partial charge in [0.25, 0.3) is 0 Å². The van der Waals surface area contributed by atoms with Gasteiger partial charge in [0.05, 0.1) is 33.3 Å². The van der Waals surface area contributed by atoms with Crippen LogP contribution in [0.15, 0.2) is 36.4 Å². The molecule has 158 valence electrons. The summed E-state index contributed by atoms with van der Waals surface area (Å²) >= 11 is 0. The highest BCUT2D eigenvalue weighted by Gasteiger charge is 2.21. The molecule has 1 N–H and O–H groups in total. The van der Waals surface area contributed by atoms with E-state index in [1.165, 1.54) is 21.3 Å². The second kappa shape index (κ2) is 9.51. The topological polar surface area (TPSA) is 94.2 Å². The van der Waals surface area contributed by atoms with Gasteiger partial charge >= 0.3 is 0 Å². The van der Waals surface area contributed by atoms with Crippen molar-refractivity contribution in [1.82, 2.24) is 5.32 Å². The van der Waals surface area contributed by atoms with Crippen molar-refractivity contribution < 1.29 is 27.4 Å². The molecule has 0 heterocycles. The Morgan fingerprint density at radius 2 is 1.66 bits per heavy atom. The fraction of sp³-hybridized carbons (Fsp3) is 0.350. The lowest BCUT2D eigenvalue weighted by atomic mass is 10.1. The van der Waals surface area contributed by atoms with Gasteiger partial charge in [0.2, 0.25) is 21.7 Å². The van der Waals surface area contributed by atoms with Gasteiger partial charge < -0.3 is 19.5 Å². The van der Waals surface area contributed by atoms with Gasteiger partial charge in [-0.25, -0.2) is 8.42 Å². The summed E-state index contributed by atoms with van der Waals surface area (Å²) in [4.78, 5) is 12.5. The number of amides is 1.